The van der Waals surface area contributed by atoms with Gasteiger partial charge in [0.1, 0.15) is 0 Å². The van der Waals surface area contributed by atoms with Gasteiger partial charge in [0.05, 0.1) is 0 Å². The van der Waals surface area contributed by atoms with Crippen molar-refractivity contribution in [1.82, 2.24) is 10.2 Å². The molecule has 0 aliphatic carbocycles. The lowest BCUT2D eigenvalue weighted by molar-refractivity contribution is 0.1000. The van der Waals surface area contributed by atoms with Crippen molar-refractivity contribution in [3.05, 3.63) is 60.7 Å². The fourth-order valence-corrected chi connectivity index (χ4v) is 1.68. The largest absolute Gasteiger partial charge is 0.366 e. The van der Waals surface area contributed by atoms with Crippen LogP contribution in [-0.4, -0.2) is 29.9 Å². The topological polar surface area (TPSA) is 75.4 Å². The Morgan fingerprint density at radius 1 is 1.25 bits per heavy atom. The normalized spacial score (nSPS) is 9.60. The molecule has 3 N–H and O–H groups in total. The highest BCUT2D eigenvalue weighted by Crippen LogP contribution is 2.04. The summed E-state index contributed by atoms with van der Waals surface area (Å²) in [7, 11) is 0. The summed E-state index contributed by atoms with van der Waals surface area (Å²) in [5.74, 6) is -0.488. The molecule has 0 atom stereocenters. The van der Waals surface area contributed by atoms with Gasteiger partial charge in [0.2, 0.25) is 5.91 Å². The highest BCUT2D eigenvalue weighted by molar-refractivity contribution is 5.92. The zero-order chi connectivity index (χ0) is 15.0. The van der Waals surface area contributed by atoms with Crippen LogP contribution in [0.4, 0.5) is 4.79 Å². The molecule has 5 heteroatoms. The van der Waals surface area contributed by atoms with Crippen LogP contribution in [0.15, 0.2) is 49.6 Å². The number of nitrogens with two attached hydrogens (primary N) is 1. The number of primary amides is 1. The van der Waals surface area contributed by atoms with Gasteiger partial charge in [-0.2, -0.15) is 0 Å². The van der Waals surface area contributed by atoms with Gasteiger partial charge in [0, 0.05) is 25.2 Å². The quantitative estimate of drug-likeness (QED) is 0.741. The molecule has 20 heavy (non-hydrogen) atoms. The summed E-state index contributed by atoms with van der Waals surface area (Å²) in [6, 6.07) is 6.63. The fraction of sp³-hybridized carbons (Fsp3) is 0.200. The summed E-state index contributed by atoms with van der Waals surface area (Å²) in [5.41, 5.74) is 6.44. The van der Waals surface area contributed by atoms with Gasteiger partial charge in [-0.05, 0) is 17.7 Å². The van der Waals surface area contributed by atoms with Crippen molar-refractivity contribution in [3.63, 3.8) is 0 Å². The van der Waals surface area contributed by atoms with Crippen molar-refractivity contribution < 1.29 is 9.59 Å². The number of benzene rings is 1. The number of carbonyl (C=O) groups excluding carboxylic acids is 2. The molecule has 0 radical (unpaired) electrons. The summed E-state index contributed by atoms with van der Waals surface area (Å²) < 4.78 is 0. The first-order chi connectivity index (χ1) is 9.58. The average molecular weight is 273 g/mol. The Morgan fingerprint density at radius 2 is 1.90 bits per heavy atom. The Morgan fingerprint density at radius 3 is 2.45 bits per heavy atom. The van der Waals surface area contributed by atoms with E-state index >= 15 is 0 Å². The molecule has 1 rings (SSSR count). The van der Waals surface area contributed by atoms with Crippen molar-refractivity contribution in [3.8, 4) is 0 Å². The van der Waals surface area contributed by atoms with Crippen LogP contribution in [0.25, 0.3) is 0 Å². The standard InChI is InChI=1S/C15H19N3O2/c1-3-8-18(9-4-2)15(20)17-11-12-6-5-7-13(10-12)14(16)19/h3-7,10H,1-2,8-9,11H2,(H2,16,19)(H,17,20). The van der Waals surface area contributed by atoms with E-state index in [1.54, 1.807) is 35.3 Å². The van der Waals surface area contributed by atoms with E-state index in [0.717, 1.165) is 5.56 Å². The molecule has 0 aliphatic heterocycles. The van der Waals surface area contributed by atoms with Crippen LogP contribution in [0.3, 0.4) is 0 Å². The molecule has 0 bridgehead atoms. The number of rotatable bonds is 7. The smallest absolute Gasteiger partial charge is 0.318 e. The third-order valence-corrected chi connectivity index (χ3v) is 2.64. The molecule has 106 valence electrons. The van der Waals surface area contributed by atoms with Gasteiger partial charge >= 0.3 is 6.03 Å². The number of urea groups is 1. The van der Waals surface area contributed by atoms with Crippen molar-refractivity contribution in [1.29, 1.82) is 0 Å². The Balaban J connectivity index is 2.63. The number of hydrogen-bond acceptors (Lipinski definition) is 2. The second-order valence-corrected chi connectivity index (χ2v) is 4.21. The highest BCUT2D eigenvalue weighted by atomic mass is 16.2. The van der Waals surface area contributed by atoms with Crippen LogP contribution in [0.5, 0.6) is 0 Å². The molecular formula is C15H19N3O2. The first kappa shape index (κ1) is 15.5. The predicted octanol–water partition coefficient (Wildman–Crippen LogP) is 1.67. The molecule has 1 aromatic carbocycles. The number of nitrogens with one attached hydrogen (secondary N) is 1. The van der Waals surface area contributed by atoms with E-state index in [4.69, 9.17) is 5.73 Å². The second-order valence-electron chi connectivity index (χ2n) is 4.21. The molecule has 0 aromatic heterocycles. The number of nitrogens with zero attached hydrogens (tertiary/aromatic N) is 1. The van der Waals surface area contributed by atoms with Crippen molar-refractivity contribution in [2.24, 2.45) is 5.73 Å². The maximum Gasteiger partial charge on any atom is 0.318 e. The minimum absolute atomic E-state index is 0.214. The lowest BCUT2D eigenvalue weighted by Gasteiger charge is -2.19. The van der Waals surface area contributed by atoms with Gasteiger partial charge < -0.3 is 16.0 Å². The van der Waals surface area contributed by atoms with Crippen LogP contribution in [-0.2, 0) is 6.54 Å². The highest BCUT2D eigenvalue weighted by Gasteiger charge is 2.10. The average Bonchev–Trinajstić information content (AvgIpc) is 2.45. The number of hydrogen-bond donors (Lipinski definition) is 2. The summed E-state index contributed by atoms with van der Waals surface area (Å²) in [6.07, 6.45) is 3.30. The molecule has 0 saturated carbocycles. The molecule has 0 spiro atoms. The third-order valence-electron chi connectivity index (χ3n) is 2.64. The van der Waals surface area contributed by atoms with Crippen molar-refractivity contribution in [2.45, 2.75) is 6.54 Å². The van der Waals surface area contributed by atoms with E-state index in [9.17, 15) is 9.59 Å². The summed E-state index contributed by atoms with van der Waals surface area (Å²) in [5, 5.41) is 2.77. The maximum atomic E-state index is 11.9. The van der Waals surface area contributed by atoms with Crippen LogP contribution in [0.2, 0.25) is 0 Å². The molecule has 1 aromatic rings. The van der Waals surface area contributed by atoms with Gasteiger partial charge in [0.25, 0.3) is 0 Å². The summed E-state index contributed by atoms with van der Waals surface area (Å²) in [4.78, 5) is 24.6. The van der Waals surface area contributed by atoms with Gasteiger partial charge in [-0.25, -0.2) is 4.79 Å². The molecule has 0 heterocycles. The minimum atomic E-state index is -0.488. The number of amides is 3. The molecule has 0 aliphatic rings. The van der Waals surface area contributed by atoms with Crippen LogP contribution >= 0.6 is 0 Å². The van der Waals surface area contributed by atoms with Crippen LogP contribution < -0.4 is 11.1 Å². The first-order valence-electron chi connectivity index (χ1n) is 6.21. The molecule has 5 nitrogen and oxygen atoms in total. The first-order valence-corrected chi connectivity index (χ1v) is 6.21. The Labute approximate surface area is 118 Å². The third kappa shape index (κ3) is 4.61. The lowest BCUT2D eigenvalue weighted by Crippen LogP contribution is -2.39. The van der Waals surface area contributed by atoms with Gasteiger partial charge in [-0.15, -0.1) is 13.2 Å². The van der Waals surface area contributed by atoms with Crippen molar-refractivity contribution >= 4 is 11.9 Å². The molecule has 0 fully saturated rings. The van der Waals surface area contributed by atoms with Gasteiger partial charge in [-0.3, -0.25) is 4.79 Å². The van der Waals surface area contributed by atoms with E-state index in [1.165, 1.54) is 0 Å². The van der Waals surface area contributed by atoms with Gasteiger partial charge in [0.15, 0.2) is 0 Å². The zero-order valence-corrected chi connectivity index (χ0v) is 11.3. The van der Waals surface area contributed by atoms with E-state index in [2.05, 4.69) is 18.5 Å². The summed E-state index contributed by atoms with van der Waals surface area (Å²) >= 11 is 0. The Kier molecular flexibility index (Phi) is 6.03. The monoisotopic (exact) mass is 273 g/mol. The zero-order valence-electron chi connectivity index (χ0n) is 11.3. The fourth-order valence-electron chi connectivity index (χ4n) is 1.68. The van der Waals surface area contributed by atoms with Crippen molar-refractivity contribution in [2.75, 3.05) is 13.1 Å². The van der Waals surface area contributed by atoms with Gasteiger partial charge in [-0.1, -0.05) is 24.3 Å². The van der Waals surface area contributed by atoms with Crippen LogP contribution in [0.1, 0.15) is 15.9 Å². The molecule has 0 unspecified atom stereocenters. The SMILES string of the molecule is C=CCN(CC=C)C(=O)NCc1cccc(C(N)=O)c1. The van der Waals surface area contributed by atoms with E-state index in [-0.39, 0.29) is 6.03 Å². The Hall–Kier alpha value is -2.56. The second kappa shape index (κ2) is 7.78. The molecular weight excluding hydrogens is 254 g/mol. The maximum absolute atomic E-state index is 11.9. The minimum Gasteiger partial charge on any atom is -0.366 e. The van der Waals surface area contributed by atoms with E-state index in [1.807, 2.05) is 6.07 Å². The van der Waals surface area contributed by atoms with Crippen LogP contribution in [0, 0.1) is 0 Å². The number of carbonyl (C=O) groups is 2. The lowest BCUT2D eigenvalue weighted by atomic mass is 10.1. The Bertz CT molecular complexity index is 502. The van der Waals surface area contributed by atoms with E-state index in [0.29, 0.717) is 25.2 Å². The molecule has 0 saturated heterocycles. The predicted molar refractivity (Wildman–Crippen MR) is 79.2 cm³/mol. The van der Waals surface area contributed by atoms with E-state index < -0.39 is 5.91 Å². The summed E-state index contributed by atoms with van der Waals surface area (Å²) in [6.45, 7) is 8.43. The molecule has 3 amide bonds.